The number of nitrogens with zero attached hydrogens (tertiary/aromatic N) is 1. The summed E-state index contributed by atoms with van der Waals surface area (Å²) < 4.78 is 39.3. The molecule has 3 N–H and O–H groups in total. The number of alkyl halides is 3. The zero-order valence-corrected chi connectivity index (χ0v) is 14.2. The molecule has 0 radical (unpaired) electrons. The molecular weight excluding hydrogens is 339 g/mol. The van der Waals surface area contributed by atoms with Gasteiger partial charge in [-0.25, -0.2) is 4.98 Å². The van der Waals surface area contributed by atoms with Gasteiger partial charge in [-0.15, -0.1) is 12.4 Å². The summed E-state index contributed by atoms with van der Waals surface area (Å²) in [4.78, 5) is 3.77. The molecule has 1 aromatic heterocycles. The van der Waals surface area contributed by atoms with E-state index in [1.807, 2.05) is 13.0 Å². The maximum absolute atomic E-state index is 13.1. The molecule has 24 heavy (non-hydrogen) atoms. The molecule has 1 saturated carbocycles. The molecular formula is C17H21ClF3N3. The van der Waals surface area contributed by atoms with Gasteiger partial charge in [-0.3, -0.25) is 0 Å². The van der Waals surface area contributed by atoms with Gasteiger partial charge in [0.25, 0.3) is 0 Å². The maximum Gasteiger partial charge on any atom is 0.433 e. The Hall–Kier alpha value is -1.53. The SMILES string of the molecule is Cc1ccc2nc(C(F)(F)F)cc(N[C@H]3CCC[C@@H](N)C3)c2c1.Cl. The summed E-state index contributed by atoms with van der Waals surface area (Å²) in [5, 5.41) is 3.99. The van der Waals surface area contributed by atoms with Crippen molar-refractivity contribution in [3.8, 4) is 0 Å². The Kier molecular flexibility index (Phi) is 5.60. The van der Waals surface area contributed by atoms with Crippen molar-refractivity contribution < 1.29 is 13.2 Å². The second-order valence-electron chi connectivity index (χ2n) is 6.34. The minimum atomic E-state index is -4.46. The van der Waals surface area contributed by atoms with Crippen LogP contribution in [-0.4, -0.2) is 17.1 Å². The molecule has 1 fully saturated rings. The summed E-state index contributed by atoms with van der Waals surface area (Å²) in [5.74, 6) is 0. The van der Waals surface area contributed by atoms with E-state index in [0.717, 1.165) is 42.7 Å². The number of aromatic nitrogens is 1. The van der Waals surface area contributed by atoms with Gasteiger partial charge >= 0.3 is 6.18 Å². The van der Waals surface area contributed by atoms with Crippen LogP contribution in [0.2, 0.25) is 0 Å². The Labute approximate surface area is 145 Å². The van der Waals surface area contributed by atoms with Crippen LogP contribution in [0.5, 0.6) is 0 Å². The predicted octanol–water partition coefficient (Wildman–Crippen LogP) is 4.67. The predicted molar refractivity (Wildman–Crippen MR) is 92.6 cm³/mol. The van der Waals surface area contributed by atoms with E-state index < -0.39 is 11.9 Å². The minimum Gasteiger partial charge on any atom is -0.382 e. The van der Waals surface area contributed by atoms with E-state index in [2.05, 4.69) is 10.3 Å². The van der Waals surface area contributed by atoms with Gasteiger partial charge in [0.2, 0.25) is 0 Å². The third kappa shape index (κ3) is 4.11. The molecule has 0 saturated heterocycles. The number of rotatable bonds is 2. The molecule has 3 rings (SSSR count). The van der Waals surface area contributed by atoms with E-state index in [0.29, 0.717) is 11.2 Å². The van der Waals surface area contributed by atoms with Gasteiger partial charge < -0.3 is 11.1 Å². The first-order valence-electron chi connectivity index (χ1n) is 7.83. The quantitative estimate of drug-likeness (QED) is 0.819. The van der Waals surface area contributed by atoms with Crippen molar-refractivity contribution in [2.24, 2.45) is 5.73 Å². The smallest absolute Gasteiger partial charge is 0.382 e. The van der Waals surface area contributed by atoms with Gasteiger partial charge in [-0.1, -0.05) is 11.6 Å². The minimum absolute atomic E-state index is 0. The lowest BCUT2D eigenvalue weighted by Crippen LogP contribution is -2.35. The van der Waals surface area contributed by atoms with Gasteiger partial charge in [-0.2, -0.15) is 13.2 Å². The van der Waals surface area contributed by atoms with E-state index in [1.165, 1.54) is 0 Å². The average Bonchev–Trinajstić information content (AvgIpc) is 2.46. The zero-order chi connectivity index (χ0) is 16.6. The van der Waals surface area contributed by atoms with Crippen molar-refractivity contribution in [1.29, 1.82) is 0 Å². The van der Waals surface area contributed by atoms with Crippen LogP contribution in [0.15, 0.2) is 24.3 Å². The van der Waals surface area contributed by atoms with Crippen molar-refractivity contribution in [3.05, 3.63) is 35.5 Å². The monoisotopic (exact) mass is 359 g/mol. The molecule has 1 aliphatic carbocycles. The number of pyridine rings is 1. The lowest BCUT2D eigenvalue weighted by molar-refractivity contribution is -0.140. The van der Waals surface area contributed by atoms with Crippen molar-refractivity contribution in [1.82, 2.24) is 4.98 Å². The van der Waals surface area contributed by atoms with Crippen molar-refractivity contribution in [3.63, 3.8) is 0 Å². The van der Waals surface area contributed by atoms with Crippen LogP contribution in [0.4, 0.5) is 18.9 Å². The molecule has 2 atom stereocenters. The van der Waals surface area contributed by atoms with E-state index in [-0.39, 0.29) is 24.5 Å². The van der Waals surface area contributed by atoms with Crippen LogP contribution >= 0.6 is 12.4 Å². The molecule has 3 nitrogen and oxygen atoms in total. The normalized spacial score (nSPS) is 21.4. The second kappa shape index (κ2) is 7.15. The maximum atomic E-state index is 13.1. The molecule has 1 aliphatic rings. The van der Waals surface area contributed by atoms with Crippen LogP contribution in [0.25, 0.3) is 10.9 Å². The Bertz CT molecular complexity index is 718. The molecule has 132 valence electrons. The Morgan fingerprint density at radius 1 is 1.21 bits per heavy atom. The number of fused-ring (bicyclic) bond motifs is 1. The van der Waals surface area contributed by atoms with Crippen molar-refractivity contribution >= 4 is 29.0 Å². The molecule has 1 heterocycles. The fraction of sp³-hybridized carbons (Fsp3) is 0.471. The Balaban J connectivity index is 0.00000208. The summed E-state index contributed by atoms with van der Waals surface area (Å²) in [7, 11) is 0. The van der Waals surface area contributed by atoms with Gasteiger partial charge in [-0.05, 0) is 50.8 Å². The van der Waals surface area contributed by atoms with Crippen LogP contribution in [0.3, 0.4) is 0 Å². The largest absolute Gasteiger partial charge is 0.433 e. The molecule has 0 unspecified atom stereocenters. The molecule has 0 spiro atoms. The van der Waals surface area contributed by atoms with Crippen LogP contribution < -0.4 is 11.1 Å². The summed E-state index contributed by atoms with van der Waals surface area (Å²) >= 11 is 0. The first-order chi connectivity index (χ1) is 10.8. The van der Waals surface area contributed by atoms with Crippen molar-refractivity contribution in [2.45, 2.75) is 50.9 Å². The van der Waals surface area contributed by atoms with Crippen LogP contribution in [0.1, 0.15) is 36.9 Å². The fourth-order valence-electron chi connectivity index (χ4n) is 3.18. The number of anilines is 1. The van der Waals surface area contributed by atoms with E-state index in [4.69, 9.17) is 5.73 Å². The Morgan fingerprint density at radius 3 is 2.62 bits per heavy atom. The highest BCUT2D eigenvalue weighted by atomic mass is 35.5. The highest BCUT2D eigenvalue weighted by Crippen LogP contribution is 2.34. The molecule has 2 aromatic rings. The van der Waals surface area contributed by atoms with E-state index in [1.54, 1.807) is 12.1 Å². The number of nitrogens with two attached hydrogens (primary N) is 1. The van der Waals surface area contributed by atoms with Gasteiger partial charge in [0.05, 0.1) is 5.52 Å². The summed E-state index contributed by atoms with van der Waals surface area (Å²) in [6.07, 6.45) is -0.796. The number of hydrogen-bond acceptors (Lipinski definition) is 3. The van der Waals surface area contributed by atoms with Crippen molar-refractivity contribution in [2.75, 3.05) is 5.32 Å². The molecule has 7 heteroatoms. The van der Waals surface area contributed by atoms with Crippen LogP contribution in [-0.2, 0) is 6.18 Å². The van der Waals surface area contributed by atoms with Crippen LogP contribution in [0, 0.1) is 6.92 Å². The third-order valence-corrected chi connectivity index (χ3v) is 4.33. The fourth-order valence-corrected chi connectivity index (χ4v) is 3.18. The first kappa shape index (κ1) is 18.8. The topological polar surface area (TPSA) is 50.9 Å². The number of hydrogen-bond donors (Lipinski definition) is 2. The average molecular weight is 360 g/mol. The summed E-state index contributed by atoms with van der Waals surface area (Å²) in [6.45, 7) is 1.91. The standard InChI is InChI=1S/C17H20F3N3.ClH/c1-10-5-6-14-13(7-10)15(9-16(23-14)17(18,19)20)22-12-4-2-3-11(21)8-12;/h5-7,9,11-12H,2-4,8,21H2,1H3,(H,22,23);1H/t11-,12+;/m1./s1. The third-order valence-electron chi connectivity index (χ3n) is 4.33. The first-order valence-corrected chi connectivity index (χ1v) is 7.83. The molecule has 0 bridgehead atoms. The van der Waals surface area contributed by atoms with E-state index >= 15 is 0 Å². The molecule has 1 aromatic carbocycles. The van der Waals surface area contributed by atoms with Gasteiger partial charge in [0.1, 0.15) is 5.69 Å². The molecule has 0 amide bonds. The van der Waals surface area contributed by atoms with E-state index in [9.17, 15) is 13.2 Å². The molecule has 0 aliphatic heterocycles. The number of benzene rings is 1. The highest BCUT2D eigenvalue weighted by Gasteiger charge is 2.33. The second-order valence-corrected chi connectivity index (χ2v) is 6.34. The van der Waals surface area contributed by atoms with Gasteiger partial charge in [0.15, 0.2) is 0 Å². The number of nitrogens with one attached hydrogen (secondary N) is 1. The lowest BCUT2D eigenvalue weighted by atomic mass is 9.91. The zero-order valence-electron chi connectivity index (χ0n) is 13.4. The summed E-state index contributed by atoms with van der Waals surface area (Å²) in [6, 6.07) is 6.60. The highest BCUT2D eigenvalue weighted by molar-refractivity contribution is 5.92. The lowest BCUT2D eigenvalue weighted by Gasteiger charge is -2.29. The Morgan fingerprint density at radius 2 is 1.96 bits per heavy atom. The summed E-state index contributed by atoms with van der Waals surface area (Å²) in [5.41, 5.74) is 6.95. The number of aryl methyl sites for hydroxylation is 1. The van der Waals surface area contributed by atoms with Gasteiger partial charge in [0, 0.05) is 23.2 Å². The number of halogens is 4.